The zero-order valence-corrected chi connectivity index (χ0v) is 12.6. The fraction of sp³-hybridized carbons (Fsp3) is 0.611. The maximum atomic E-state index is 11.7. The van der Waals surface area contributed by atoms with E-state index >= 15 is 0 Å². The largest absolute Gasteiger partial charge is 0.481 e. The lowest BCUT2D eigenvalue weighted by atomic mass is 9.63. The van der Waals surface area contributed by atoms with E-state index in [1.165, 1.54) is 24.8 Å². The fourth-order valence-corrected chi connectivity index (χ4v) is 4.38. The molecule has 0 bridgehead atoms. The minimum absolute atomic E-state index is 0.0249. The summed E-state index contributed by atoms with van der Waals surface area (Å²) in [5, 5.41) is 9.61. The average molecular weight is 287 g/mol. The number of carbonyl (C=O) groups is 1. The van der Waals surface area contributed by atoms with Crippen molar-refractivity contribution in [3.8, 4) is 0 Å². The third-order valence-corrected chi connectivity index (χ3v) is 5.41. The van der Waals surface area contributed by atoms with Gasteiger partial charge in [-0.25, -0.2) is 0 Å². The van der Waals surface area contributed by atoms with Crippen LogP contribution in [0, 0.1) is 11.3 Å². The van der Waals surface area contributed by atoms with Gasteiger partial charge in [0.1, 0.15) is 0 Å². The van der Waals surface area contributed by atoms with Crippen LogP contribution < -0.4 is 0 Å². The van der Waals surface area contributed by atoms with Crippen molar-refractivity contribution in [1.29, 1.82) is 0 Å². The molecule has 1 spiro atoms. The van der Waals surface area contributed by atoms with Gasteiger partial charge in [-0.3, -0.25) is 9.69 Å². The summed E-state index contributed by atoms with van der Waals surface area (Å²) >= 11 is 0. The molecule has 1 atom stereocenters. The fourth-order valence-electron chi connectivity index (χ4n) is 4.38. The molecule has 0 radical (unpaired) electrons. The molecule has 1 aromatic rings. The van der Waals surface area contributed by atoms with Gasteiger partial charge < -0.3 is 5.11 Å². The molecule has 21 heavy (non-hydrogen) atoms. The average Bonchev–Trinajstić information content (AvgIpc) is 2.49. The Morgan fingerprint density at radius 3 is 2.57 bits per heavy atom. The molecule has 2 aliphatic rings. The summed E-state index contributed by atoms with van der Waals surface area (Å²) in [6.45, 7) is 2.82. The van der Waals surface area contributed by atoms with Crippen molar-refractivity contribution in [3.63, 3.8) is 0 Å². The number of likely N-dealkylation sites (tertiary alicyclic amines) is 1. The van der Waals surface area contributed by atoms with Crippen molar-refractivity contribution >= 4 is 5.97 Å². The number of piperidine rings is 1. The minimum atomic E-state index is -0.573. The number of nitrogens with zero attached hydrogens (tertiary/aromatic N) is 1. The minimum Gasteiger partial charge on any atom is -0.481 e. The standard InChI is InChI=1S/C18H25NO2/c20-17(21)16-9-12-19(13-15-7-3-1-4-8-15)14-18(16)10-5-2-6-11-18/h1,3-4,7-8,16H,2,5-6,9-14H2,(H,20,21)/t16-/m1/s1. The zero-order chi connectivity index (χ0) is 14.7. The Kier molecular flexibility index (Phi) is 4.29. The first-order valence-electron chi connectivity index (χ1n) is 8.19. The lowest BCUT2D eigenvalue weighted by Gasteiger charge is -2.49. The Balaban J connectivity index is 1.74. The smallest absolute Gasteiger partial charge is 0.307 e. The van der Waals surface area contributed by atoms with E-state index < -0.39 is 5.97 Å². The van der Waals surface area contributed by atoms with E-state index in [1.54, 1.807) is 0 Å². The number of carboxylic acids is 1. The van der Waals surface area contributed by atoms with Gasteiger partial charge in [-0.1, -0.05) is 49.6 Å². The molecule has 1 aliphatic heterocycles. The summed E-state index contributed by atoms with van der Waals surface area (Å²) < 4.78 is 0. The van der Waals surface area contributed by atoms with Crippen molar-refractivity contribution in [1.82, 2.24) is 4.90 Å². The quantitative estimate of drug-likeness (QED) is 0.924. The monoisotopic (exact) mass is 287 g/mol. The lowest BCUT2D eigenvalue weighted by molar-refractivity contribution is -0.152. The van der Waals surface area contributed by atoms with Gasteiger partial charge in [0.25, 0.3) is 0 Å². The lowest BCUT2D eigenvalue weighted by Crippen LogP contribution is -2.51. The topological polar surface area (TPSA) is 40.5 Å². The maximum Gasteiger partial charge on any atom is 0.307 e. The Labute approximate surface area is 127 Å². The van der Waals surface area contributed by atoms with Crippen LogP contribution in [-0.4, -0.2) is 29.1 Å². The molecule has 2 fully saturated rings. The summed E-state index contributed by atoms with van der Waals surface area (Å²) in [4.78, 5) is 14.1. The van der Waals surface area contributed by atoms with Gasteiger partial charge in [0.05, 0.1) is 5.92 Å². The van der Waals surface area contributed by atoms with E-state index in [4.69, 9.17) is 0 Å². The number of rotatable bonds is 3. The molecule has 3 rings (SSSR count). The number of aliphatic carboxylic acids is 1. The molecule has 0 amide bonds. The summed E-state index contributed by atoms with van der Waals surface area (Å²) in [5.74, 6) is -0.707. The van der Waals surface area contributed by atoms with E-state index in [2.05, 4.69) is 29.2 Å². The number of hydrogen-bond donors (Lipinski definition) is 1. The van der Waals surface area contributed by atoms with Crippen LogP contribution in [0.25, 0.3) is 0 Å². The SMILES string of the molecule is O=C(O)[C@H]1CCN(Cc2ccccc2)CC12CCCCC2. The van der Waals surface area contributed by atoms with Crippen molar-refractivity contribution in [3.05, 3.63) is 35.9 Å². The molecule has 3 heteroatoms. The molecule has 0 aromatic heterocycles. The molecule has 1 aliphatic carbocycles. The van der Waals surface area contributed by atoms with E-state index in [1.807, 2.05) is 6.07 Å². The first kappa shape index (κ1) is 14.6. The molecule has 3 nitrogen and oxygen atoms in total. The Bertz CT molecular complexity index is 479. The molecule has 1 saturated heterocycles. The van der Waals surface area contributed by atoms with Gasteiger partial charge in [-0.05, 0) is 36.8 Å². The Hall–Kier alpha value is -1.35. The first-order chi connectivity index (χ1) is 10.2. The van der Waals surface area contributed by atoms with Crippen molar-refractivity contribution in [2.75, 3.05) is 13.1 Å². The molecular formula is C18H25NO2. The second-order valence-electron chi connectivity index (χ2n) is 6.80. The highest BCUT2D eigenvalue weighted by Crippen LogP contribution is 2.47. The number of hydrogen-bond acceptors (Lipinski definition) is 2. The highest BCUT2D eigenvalue weighted by Gasteiger charge is 2.47. The zero-order valence-electron chi connectivity index (χ0n) is 12.6. The Morgan fingerprint density at radius 1 is 1.19 bits per heavy atom. The predicted octanol–water partition coefficient (Wildman–Crippen LogP) is 3.54. The molecule has 0 unspecified atom stereocenters. The highest BCUT2D eigenvalue weighted by molar-refractivity contribution is 5.71. The number of benzene rings is 1. The van der Waals surface area contributed by atoms with Gasteiger partial charge in [-0.2, -0.15) is 0 Å². The maximum absolute atomic E-state index is 11.7. The van der Waals surface area contributed by atoms with Gasteiger partial charge in [0.2, 0.25) is 0 Å². The first-order valence-corrected chi connectivity index (χ1v) is 8.19. The van der Waals surface area contributed by atoms with Crippen LogP contribution in [0.1, 0.15) is 44.1 Å². The predicted molar refractivity (Wildman–Crippen MR) is 83.0 cm³/mol. The van der Waals surface area contributed by atoms with Crippen molar-refractivity contribution < 1.29 is 9.90 Å². The van der Waals surface area contributed by atoms with Gasteiger partial charge in [-0.15, -0.1) is 0 Å². The van der Waals surface area contributed by atoms with Crippen LogP contribution >= 0.6 is 0 Å². The molecular weight excluding hydrogens is 262 g/mol. The number of carboxylic acid groups (broad SMARTS) is 1. The molecule has 1 aromatic carbocycles. The van der Waals surface area contributed by atoms with Crippen LogP contribution in [0.15, 0.2) is 30.3 Å². The van der Waals surface area contributed by atoms with E-state index in [9.17, 15) is 9.90 Å². The van der Waals surface area contributed by atoms with Crippen molar-refractivity contribution in [2.45, 2.75) is 45.1 Å². The second kappa shape index (κ2) is 6.18. The van der Waals surface area contributed by atoms with Gasteiger partial charge in [0.15, 0.2) is 0 Å². The highest BCUT2D eigenvalue weighted by atomic mass is 16.4. The molecule has 1 heterocycles. The molecule has 1 N–H and O–H groups in total. The normalized spacial score (nSPS) is 25.8. The van der Waals surface area contributed by atoms with Crippen LogP contribution in [0.4, 0.5) is 0 Å². The Morgan fingerprint density at radius 2 is 1.90 bits per heavy atom. The van der Waals surface area contributed by atoms with E-state index in [0.717, 1.165) is 38.9 Å². The third-order valence-electron chi connectivity index (χ3n) is 5.41. The van der Waals surface area contributed by atoms with E-state index in [-0.39, 0.29) is 11.3 Å². The molecule has 114 valence electrons. The second-order valence-corrected chi connectivity index (χ2v) is 6.80. The van der Waals surface area contributed by atoms with Crippen LogP contribution in [0.3, 0.4) is 0 Å². The summed E-state index contributed by atoms with van der Waals surface area (Å²) in [5.41, 5.74) is 1.36. The van der Waals surface area contributed by atoms with Crippen LogP contribution in [0.5, 0.6) is 0 Å². The van der Waals surface area contributed by atoms with Crippen LogP contribution in [0.2, 0.25) is 0 Å². The van der Waals surface area contributed by atoms with Gasteiger partial charge >= 0.3 is 5.97 Å². The van der Waals surface area contributed by atoms with Crippen LogP contribution in [-0.2, 0) is 11.3 Å². The van der Waals surface area contributed by atoms with Crippen molar-refractivity contribution in [2.24, 2.45) is 11.3 Å². The molecule has 1 saturated carbocycles. The van der Waals surface area contributed by atoms with Gasteiger partial charge in [0, 0.05) is 13.1 Å². The summed E-state index contributed by atoms with van der Waals surface area (Å²) in [6, 6.07) is 10.5. The van der Waals surface area contributed by atoms with E-state index in [0.29, 0.717) is 0 Å². The third kappa shape index (κ3) is 3.13. The summed E-state index contributed by atoms with van der Waals surface area (Å²) in [6.07, 6.45) is 6.66. The summed E-state index contributed by atoms with van der Waals surface area (Å²) in [7, 11) is 0.